The summed E-state index contributed by atoms with van der Waals surface area (Å²) in [4.78, 5) is 12.1. The number of aromatic nitrogens is 2. The fourth-order valence-corrected chi connectivity index (χ4v) is 3.72. The maximum Gasteiger partial charge on any atom is 0.257 e. The van der Waals surface area contributed by atoms with Crippen LogP contribution < -0.4 is 10.0 Å². The molecular weight excluding hydrogens is 344 g/mol. The second-order valence-corrected chi connectivity index (χ2v) is 8.45. The first-order valence-corrected chi connectivity index (χ1v) is 9.92. The number of benzene rings is 1. The highest BCUT2D eigenvalue weighted by atomic mass is 32.2. The van der Waals surface area contributed by atoms with E-state index in [-0.39, 0.29) is 5.91 Å². The Morgan fingerprint density at radius 2 is 1.95 bits per heavy atom. The summed E-state index contributed by atoms with van der Waals surface area (Å²) in [5.74, 6) is 0.562. The number of thioether (sulfide) groups is 1. The molecule has 0 saturated heterocycles. The fourth-order valence-electron chi connectivity index (χ4n) is 1.52. The Kier molecular flexibility index (Phi) is 5.37. The molecule has 0 fully saturated rings. The van der Waals surface area contributed by atoms with Crippen LogP contribution in [0.1, 0.15) is 17.3 Å². The minimum Gasteiger partial charge on any atom is -0.296 e. The summed E-state index contributed by atoms with van der Waals surface area (Å²) in [6, 6.07) is 6.11. The van der Waals surface area contributed by atoms with Crippen LogP contribution in [0.2, 0.25) is 0 Å². The topological polar surface area (TPSA) is 101 Å². The molecule has 1 amide bonds. The van der Waals surface area contributed by atoms with Gasteiger partial charge in [0.25, 0.3) is 5.91 Å². The number of anilines is 2. The highest BCUT2D eigenvalue weighted by Crippen LogP contribution is 2.25. The Bertz CT molecular complexity index is 756. The molecule has 118 valence electrons. The van der Waals surface area contributed by atoms with Crippen LogP contribution in [-0.4, -0.2) is 36.5 Å². The highest BCUT2D eigenvalue weighted by Gasteiger charge is 2.11. The number of nitrogens with zero attached hydrogens (tertiary/aromatic N) is 2. The first kappa shape index (κ1) is 16.7. The normalized spacial score (nSPS) is 11.2. The van der Waals surface area contributed by atoms with Crippen LogP contribution >= 0.6 is 23.1 Å². The molecule has 1 heterocycles. The standard InChI is InChI=1S/C12H14N4O3S3/c1-3-20-12-15-14-11(21-12)13-10(17)8-4-6-9(7-5-8)16-22(2,18)19/h4-7,16H,3H2,1-2H3,(H,13,14,17). The van der Waals surface area contributed by atoms with Gasteiger partial charge < -0.3 is 0 Å². The summed E-state index contributed by atoms with van der Waals surface area (Å²) in [6.07, 6.45) is 1.06. The molecule has 0 radical (unpaired) electrons. The molecule has 0 unspecified atom stereocenters. The second-order valence-electron chi connectivity index (χ2n) is 4.21. The van der Waals surface area contributed by atoms with Crippen LogP contribution in [0.25, 0.3) is 0 Å². The largest absolute Gasteiger partial charge is 0.296 e. The van der Waals surface area contributed by atoms with Gasteiger partial charge in [-0.3, -0.25) is 14.8 Å². The first-order chi connectivity index (χ1) is 10.4. The maximum atomic E-state index is 12.1. The third-order valence-corrected chi connectivity index (χ3v) is 4.81. The molecule has 0 saturated carbocycles. The van der Waals surface area contributed by atoms with Gasteiger partial charge in [0, 0.05) is 11.3 Å². The van der Waals surface area contributed by atoms with E-state index < -0.39 is 10.0 Å². The van der Waals surface area contributed by atoms with Crippen molar-refractivity contribution in [2.45, 2.75) is 11.3 Å². The lowest BCUT2D eigenvalue weighted by Gasteiger charge is -2.05. The molecule has 0 bridgehead atoms. The van der Waals surface area contributed by atoms with E-state index in [1.807, 2.05) is 6.92 Å². The molecule has 2 N–H and O–H groups in total. The lowest BCUT2D eigenvalue weighted by molar-refractivity contribution is 0.102. The van der Waals surface area contributed by atoms with E-state index >= 15 is 0 Å². The van der Waals surface area contributed by atoms with Crippen molar-refractivity contribution in [3.63, 3.8) is 0 Å². The number of nitrogens with one attached hydrogen (secondary N) is 2. The van der Waals surface area contributed by atoms with Crippen LogP contribution in [0.3, 0.4) is 0 Å². The summed E-state index contributed by atoms with van der Waals surface area (Å²) in [5, 5.41) is 10.9. The summed E-state index contributed by atoms with van der Waals surface area (Å²) in [6.45, 7) is 2.01. The van der Waals surface area contributed by atoms with Crippen molar-refractivity contribution < 1.29 is 13.2 Å². The van der Waals surface area contributed by atoms with E-state index in [2.05, 4.69) is 20.2 Å². The summed E-state index contributed by atoms with van der Waals surface area (Å²) in [7, 11) is -3.33. The smallest absolute Gasteiger partial charge is 0.257 e. The average molecular weight is 358 g/mol. The molecule has 10 heteroatoms. The molecule has 0 aliphatic heterocycles. The van der Waals surface area contributed by atoms with Crippen molar-refractivity contribution >= 4 is 49.8 Å². The molecule has 1 aromatic heterocycles. The maximum absolute atomic E-state index is 12.1. The molecular formula is C12H14N4O3S3. The van der Waals surface area contributed by atoms with Gasteiger partial charge in [-0.25, -0.2) is 8.42 Å². The van der Waals surface area contributed by atoms with E-state index in [1.54, 1.807) is 11.8 Å². The van der Waals surface area contributed by atoms with Gasteiger partial charge >= 0.3 is 0 Å². The minimum absolute atomic E-state index is 0.324. The SMILES string of the molecule is CCSc1nnc(NC(=O)c2ccc(NS(C)(=O)=O)cc2)s1. The lowest BCUT2D eigenvalue weighted by atomic mass is 10.2. The lowest BCUT2D eigenvalue weighted by Crippen LogP contribution is -2.12. The van der Waals surface area contributed by atoms with Crippen molar-refractivity contribution in [3.8, 4) is 0 Å². The Hall–Kier alpha value is -1.65. The van der Waals surface area contributed by atoms with Crippen molar-refractivity contribution in [2.24, 2.45) is 0 Å². The molecule has 7 nitrogen and oxygen atoms in total. The third kappa shape index (κ3) is 4.97. The van der Waals surface area contributed by atoms with Crippen LogP contribution in [0, 0.1) is 0 Å². The van der Waals surface area contributed by atoms with Crippen LogP contribution in [0.5, 0.6) is 0 Å². The number of carbonyl (C=O) groups is 1. The fraction of sp³-hybridized carbons (Fsp3) is 0.250. The summed E-state index contributed by atoms with van der Waals surface area (Å²) < 4.78 is 25.3. The Balaban J connectivity index is 2.03. The molecule has 0 spiro atoms. The van der Waals surface area contributed by atoms with Crippen molar-refractivity contribution in [1.82, 2.24) is 10.2 Å². The zero-order valence-corrected chi connectivity index (χ0v) is 14.3. The van der Waals surface area contributed by atoms with Crippen molar-refractivity contribution in [3.05, 3.63) is 29.8 Å². The molecule has 22 heavy (non-hydrogen) atoms. The third-order valence-electron chi connectivity index (χ3n) is 2.35. The summed E-state index contributed by atoms with van der Waals surface area (Å²) in [5.41, 5.74) is 0.801. The number of amides is 1. The Morgan fingerprint density at radius 3 is 2.55 bits per heavy atom. The number of hydrogen-bond donors (Lipinski definition) is 2. The zero-order valence-electron chi connectivity index (χ0n) is 11.9. The van der Waals surface area contributed by atoms with Gasteiger partial charge in [0.15, 0.2) is 4.34 Å². The van der Waals surface area contributed by atoms with E-state index in [0.717, 1.165) is 16.3 Å². The van der Waals surface area contributed by atoms with Gasteiger partial charge in [0.2, 0.25) is 15.2 Å². The van der Waals surface area contributed by atoms with Crippen molar-refractivity contribution in [1.29, 1.82) is 0 Å². The van der Waals surface area contributed by atoms with Gasteiger partial charge in [-0.2, -0.15) is 0 Å². The molecule has 2 rings (SSSR count). The Labute approximate surface area is 136 Å². The van der Waals surface area contributed by atoms with Gasteiger partial charge in [-0.05, 0) is 30.0 Å². The predicted octanol–water partition coefficient (Wildman–Crippen LogP) is 2.27. The van der Waals surface area contributed by atoms with E-state index in [4.69, 9.17) is 0 Å². The first-order valence-electron chi connectivity index (χ1n) is 6.23. The van der Waals surface area contributed by atoms with Gasteiger partial charge in [-0.15, -0.1) is 10.2 Å². The average Bonchev–Trinajstić information content (AvgIpc) is 2.85. The molecule has 0 atom stereocenters. The quantitative estimate of drug-likeness (QED) is 0.607. The molecule has 0 aliphatic carbocycles. The van der Waals surface area contributed by atoms with Gasteiger partial charge in [-0.1, -0.05) is 30.0 Å². The minimum atomic E-state index is -3.33. The number of carbonyl (C=O) groups excluding carboxylic acids is 1. The molecule has 0 aliphatic rings. The van der Waals surface area contributed by atoms with Crippen LogP contribution in [0.15, 0.2) is 28.6 Å². The van der Waals surface area contributed by atoms with Crippen molar-refractivity contribution in [2.75, 3.05) is 22.0 Å². The zero-order chi connectivity index (χ0) is 16.2. The monoisotopic (exact) mass is 358 g/mol. The van der Waals surface area contributed by atoms with E-state index in [1.165, 1.54) is 35.6 Å². The van der Waals surface area contributed by atoms with Gasteiger partial charge in [0.1, 0.15) is 0 Å². The van der Waals surface area contributed by atoms with E-state index in [9.17, 15) is 13.2 Å². The molecule has 1 aromatic carbocycles. The summed E-state index contributed by atoms with van der Waals surface area (Å²) >= 11 is 2.86. The second kappa shape index (κ2) is 7.07. The van der Waals surface area contributed by atoms with E-state index in [0.29, 0.717) is 16.4 Å². The highest BCUT2D eigenvalue weighted by molar-refractivity contribution is 8.01. The van der Waals surface area contributed by atoms with Gasteiger partial charge in [0.05, 0.1) is 6.26 Å². The number of sulfonamides is 1. The number of hydrogen-bond acceptors (Lipinski definition) is 7. The predicted molar refractivity (Wildman–Crippen MR) is 89.2 cm³/mol. The van der Waals surface area contributed by atoms with Crippen LogP contribution in [-0.2, 0) is 10.0 Å². The van der Waals surface area contributed by atoms with Crippen LogP contribution in [0.4, 0.5) is 10.8 Å². The Morgan fingerprint density at radius 1 is 1.27 bits per heavy atom. The molecule has 2 aromatic rings. The number of rotatable bonds is 6.